The number of rotatable bonds is 1. The van der Waals surface area contributed by atoms with E-state index in [1.165, 1.54) is 35.1 Å². The Morgan fingerprint density at radius 3 is 2.93 bits per heavy atom. The van der Waals surface area contributed by atoms with Crippen LogP contribution in [0.1, 0.15) is 21.2 Å². The second-order valence-electron chi connectivity index (χ2n) is 6.02. The van der Waals surface area contributed by atoms with Gasteiger partial charge < -0.3 is 14.3 Å². The molecular weight excluding hydrogens is 403 g/mol. The van der Waals surface area contributed by atoms with Gasteiger partial charge in [-0.3, -0.25) is 4.79 Å². The summed E-state index contributed by atoms with van der Waals surface area (Å²) in [5.74, 6) is -0.303. The summed E-state index contributed by atoms with van der Waals surface area (Å²) in [6.07, 6.45) is 5.03. The highest BCUT2D eigenvalue weighted by Gasteiger charge is 2.13. The molecule has 9 heteroatoms. The summed E-state index contributed by atoms with van der Waals surface area (Å²) in [6, 6.07) is 6.58. The number of aldehydes is 1. The van der Waals surface area contributed by atoms with Crippen molar-refractivity contribution >= 4 is 40.2 Å². The molecule has 0 atom stereocenters. The van der Waals surface area contributed by atoms with E-state index in [0.29, 0.717) is 22.0 Å². The molecule has 28 heavy (non-hydrogen) atoms. The van der Waals surface area contributed by atoms with E-state index in [9.17, 15) is 9.18 Å². The van der Waals surface area contributed by atoms with Crippen molar-refractivity contribution in [2.45, 2.75) is 13.0 Å². The number of carbonyl (C=O) groups is 1. The molecule has 0 aliphatic carbocycles. The molecule has 0 fully saturated rings. The molecule has 1 aliphatic rings. The molecule has 0 amide bonds. The van der Waals surface area contributed by atoms with Gasteiger partial charge in [-0.05, 0) is 19.2 Å². The number of para-hydroxylation sites is 1. The van der Waals surface area contributed by atoms with Crippen molar-refractivity contribution in [3.8, 4) is 0 Å². The predicted octanol–water partition coefficient (Wildman–Crippen LogP) is 4.58. The molecule has 0 radical (unpaired) electrons. The maximum Gasteiger partial charge on any atom is 0.178 e. The quantitative estimate of drug-likeness (QED) is 0.456. The van der Waals surface area contributed by atoms with Crippen molar-refractivity contribution in [3.05, 3.63) is 69.6 Å². The number of benzene rings is 1. The molecule has 0 saturated carbocycles. The largest absolute Gasteiger partial charge is 0.461 e. The molecule has 0 bridgehead atoms. The first kappa shape index (κ1) is 20.2. The summed E-state index contributed by atoms with van der Waals surface area (Å²) in [5.41, 5.74) is 2.87. The third-order valence-corrected chi connectivity index (χ3v) is 5.08. The first-order valence-corrected chi connectivity index (χ1v) is 9.70. The van der Waals surface area contributed by atoms with Crippen LogP contribution in [0, 0.1) is 5.82 Å². The molecular formula is C19H18ClFN4O2S. The van der Waals surface area contributed by atoms with E-state index < -0.39 is 0 Å². The first-order valence-electron chi connectivity index (χ1n) is 8.44. The van der Waals surface area contributed by atoms with Gasteiger partial charge in [0.2, 0.25) is 0 Å². The molecule has 1 aromatic carbocycles. The average molecular weight is 421 g/mol. The van der Waals surface area contributed by atoms with Gasteiger partial charge in [0.05, 0.1) is 24.0 Å². The lowest BCUT2D eigenvalue weighted by atomic mass is 10.2. The Hall–Kier alpha value is -2.55. The van der Waals surface area contributed by atoms with Crippen LogP contribution in [0.2, 0.25) is 5.15 Å². The maximum absolute atomic E-state index is 12.7. The number of hydrogen-bond acceptors (Lipinski definition) is 6. The highest BCUT2D eigenvalue weighted by atomic mass is 35.5. The van der Waals surface area contributed by atoms with Crippen LogP contribution in [0.4, 0.5) is 4.39 Å². The van der Waals surface area contributed by atoms with Gasteiger partial charge in [0, 0.05) is 30.3 Å². The predicted molar refractivity (Wildman–Crippen MR) is 107 cm³/mol. The van der Waals surface area contributed by atoms with Crippen LogP contribution in [0.3, 0.4) is 0 Å². The number of furan rings is 1. The van der Waals surface area contributed by atoms with E-state index >= 15 is 0 Å². The molecule has 3 aromatic heterocycles. The number of halogens is 2. The van der Waals surface area contributed by atoms with Crippen LogP contribution in [-0.2, 0) is 13.0 Å². The normalized spacial score (nSPS) is 13.1. The van der Waals surface area contributed by atoms with Crippen molar-refractivity contribution in [3.63, 3.8) is 0 Å². The number of nitrogens with zero attached hydrogens (tertiary/aromatic N) is 3. The Labute approximate surface area is 170 Å². The van der Waals surface area contributed by atoms with Gasteiger partial charge in [-0.25, -0.2) is 14.4 Å². The molecule has 0 spiro atoms. The van der Waals surface area contributed by atoms with Crippen molar-refractivity contribution in [2.24, 2.45) is 0 Å². The Balaban J connectivity index is 0.000000122. The third kappa shape index (κ3) is 5.25. The molecule has 0 unspecified atom stereocenters. The maximum atomic E-state index is 12.7. The molecule has 4 heterocycles. The van der Waals surface area contributed by atoms with Crippen molar-refractivity contribution < 1.29 is 13.6 Å². The minimum Gasteiger partial charge on any atom is -0.461 e. The molecule has 1 aliphatic heterocycles. The van der Waals surface area contributed by atoms with Gasteiger partial charge in [0.15, 0.2) is 22.7 Å². The number of H-pyrrole nitrogens is 1. The molecule has 5 rings (SSSR count). The number of fused-ring (bicyclic) bond motifs is 2. The zero-order valence-electron chi connectivity index (χ0n) is 15.1. The Bertz CT molecular complexity index is 1050. The fourth-order valence-electron chi connectivity index (χ4n) is 2.62. The Morgan fingerprint density at radius 2 is 2.25 bits per heavy atom. The van der Waals surface area contributed by atoms with Crippen LogP contribution >= 0.6 is 22.9 Å². The van der Waals surface area contributed by atoms with Gasteiger partial charge in [-0.1, -0.05) is 23.7 Å². The van der Waals surface area contributed by atoms with Crippen molar-refractivity contribution in [2.75, 3.05) is 13.6 Å². The van der Waals surface area contributed by atoms with E-state index in [0.717, 1.165) is 24.9 Å². The van der Waals surface area contributed by atoms with Crippen molar-refractivity contribution in [1.82, 2.24) is 19.9 Å². The lowest BCUT2D eigenvalue weighted by molar-refractivity contribution is 0.112. The number of nitrogens with one attached hydrogen (secondary N) is 1. The van der Waals surface area contributed by atoms with E-state index in [-0.39, 0.29) is 5.82 Å². The summed E-state index contributed by atoms with van der Waals surface area (Å²) in [7, 11) is 2.13. The molecule has 4 aromatic rings. The van der Waals surface area contributed by atoms with E-state index in [1.54, 1.807) is 23.8 Å². The van der Waals surface area contributed by atoms with E-state index in [1.807, 2.05) is 6.07 Å². The number of aromatic amines is 1. The summed E-state index contributed by atoms with van der Waals surface area (Å²) < 4.78 is 17.6. The van der Waals surface area contributed by atoms with Crippen molar-refractivity contribution in [1.29, 1.82) is 0 Å². The average Bonchev–Trinajstić information content (AvgIpc) is 3.43. The Morgan fingerprint density at radius 1 is 1.39 bits per heavy atom. The Kier molecular flexibility index (Phi) is 6.91. The van der Waals surface area contributed by atoms with E-state index in [4.69, 9.17) is 16.0 Å². The number of imidazole rings is 1. The summed E-state index contributed by atoms with van der Waals surface area (Å²) >= 11 is 6.62. The van der Waals surface area contributed by atoms with Gasteiger partial charge >= 0.3 is 0 Å². The lowest BCUT2D eigenvalue weighted by Crippen LogP contribution is -2.26. The standard InChI is InChI=1S/C8H5FO.C7H11N3.C4H2ClNOS/c9-7-3-1-2-6-4-5-10-8(6)7;1-10-3-2-6-7(4-10)9-5-8-6;5-3-2-8-4(1-7)6-3/h1-5H;5H,2-4H2,1H3,(H,8,9);1-2H. The molecule has 1 N–H and O–H groups in total. The first-order chi connectivity index (χ1) is 13.6. The van der Waals surface area contributed by atoms with Gasteiger partial charge in [0.1, 0.15) is 5.15 Å². The summed E-state index contributed by atoms with van der Waals surface area (Å²) in [4.78, 5) is 23.2. The topological polar surface area (TPSA) is 75.0 Å². The smallest absolute Gasteiger partial charge is 0.178 e. The second-order valence-corrected chi connectivity index (χ2v) is 7.30. The fraction of sp³-hybridized carbons (Fsp3) is 0.211. The van der Waals surface area contributed by atoms with Gasteiger partial charge in [0.25, 0.3) is 0 Å². The minimum absolute atomic E-state index is 0.303. The zero-order valence-corrected chi connectivity index (χ0v) is 16.6. The number of carbonyl (C=O) groups excluding carboxylic acids is 1. The number of hydrogen-bond donors (Lipinski definition) is 1. The number of likely N-dealkylation sites (N-methyl/N-ethyl adjacent to an activating group) is 1. The second kappa shape index (κ2) is 9.59. The van der Waals surface area contributed by atoms with Gasteiger partial charge in [-0.2, -0.15) is 0 Å². The van der Waals surface area contributed by atoms with Crippen LogP contribution < -0.4 is 0 Å². The molecule has 146 valence electrons. The van der Waals surface area contributed by atoms with Crippen LogP contribution in [-0.4, -0.2) is 39.7 Å². The highest BCUT2D eigenvalue weighted by molar-refractivity contribution is 7.11. The highest BCUT2D eigenvalue weighted by Crippen LogP contribution is 2.17. The SMILES string of the molecule is CN1CCc2nc[nH]c2C1.Fc1cccc2ccoc12.O=Cc1nc(Cl)cs1. The summed E-state index contributed by atoms with van der Waals surface area (Å²) in [5, 5.41) is 3.23. The van der Waals surface area contributed by atoms with Crippen LogP contribution in [0.25, 0.3) is 11.0 Å². The monoisotopic (exact) mass is 420 g/mol. The molecule has 0 saturated heterocycles. The van der Waals surface area contributed by atoms with Crippen LogP contribution in [0.5, 0.6) is 0 Å². The lowest BCUT2D eigenvalue weighted by Gasteiger charge is -2.20. The summed E-state index contributed by atoms with van der Waals surface area (Å²) in [6.45, 7) is 2.16. The van der Waals surface area contributed by atoms with E-state index in [2.05, 4.69) is 26.9 Å². The fourth-order valence-corrected chi connectivity index (χ4v) is 3.38. The molecule has 6 nitrogen and oxygen atoms in total. The number of thiazole rings is 1. The minimum atomic E-state index is -0.303. The zero-order chi connectivity index (χ0) is 19.9. The van der Waals surface area contributed by atoms with Gasteiger partial charge in [-0.15, -0.1) is 11.3 Å². The third-order valence-electron chi connectivity index (χ3n) is 3.99. The number of aromatic nitrogens is 3. The van der Waals surface area contributed by atoms with Crippen LogP contribution in [0.15, 0.2) is 46.7 Å².